The van der Waals surface area contributed by atoms with Crippen LogP contribution in [-0.2, 0) is 40.0 Å². The minimum absolute atomic E-state index is 0.0504. The Bertz CT molecular complexity index is 1210. The number of carbonyl (C=O) groups excluding carboxylic acids is 5. The van der Waals surface area contributed by atoms with Crippen molar-refractivity contribution in [3.05, 3.63) is 29.8 Å². The summed E-state index contributed by atoms with van der Waals surface area (Å²) in [5.74, 6) is -8.38. The van der Waals surface area contributed by atoms with E-state index in [-0.39, 0.29) is 12.2 Å². The minimum Gasteiger partial charge on any atom is -0.508 e. The molecule has 16 nitrogen and oxygen atoms in total. The third-order valence-corrected chi connectivity index (χ3v) is 6.80. The van der Waals surface area contributed by atoms with Crippen LogP contribution in [0, 0.1) is 11.8 Å². The smallest absolute Gasteiger partial charge is 0.326 e. The van der Waals surface area contributed by atoms with E-state index < -0.39 is 96.4 Å². The number of rotatable bonds is 18. The summed E-state index contributed by atoms with van der Waals surface area (Å²) in [7, 11) is 0. The van der Waals surface area contributed by atoms with E-state index >= 15 is 0 Å². The van der Waals surface area contributed by atoms with Crippen LogP contribution < -0.4 is 32.7 Å². The van der Waals surface area contributed by atoms with Crippen molar-refractivity contribution in [3.8, 4) is 5.75 Å². The van der Waals surface area contributed by atoms with Gasteiger partial charge in [0.25, 0.3) is 0 Å². The number of amides is 5. The van der Waals surface area contributed by atoms with Crippen LogP contribution in [0.1, 0.15) is 52.5 Å². The highest BCUT2D eigenvalue weighted by atomic mass is 16.4. The van der Waals surface area contributed by atoms with Crippen molar-refractivity contribution in [2.45, 2.75) is 83.6 Å². The second kappa shape index (κ2) is 17.4. The van der Waals surface area contributed by atoms with Gasteiger partial charge in [-0.05, 0) is 29.5 Å². The quantitative estimate of drug-likeness (QED) is 0.0893. The lowest BCUT2D eigenvalue weighted by atomic mass is 9.95. The highest BCUT2D eigenvalue weighted by Gasteiger charge is 2.35. The van der Waals surface area contributed by atoms with Gasteiger partial charge in [-0.25, -0.2) is 4.79 Å². The molecule has 0 aliphatic carbocycles. The number of phenolic OH excluding ortho intramolecular Hbond substituents is 1. The highest BCUT2D eigenvalue weighted by molar-refractivity contribution is 5.97. The summed E-state index contributed by atoms with van der Waals surface area (Å²) in [5.41, 5.74) is 11.2. The van der Waals surface area contributed by atoms with Crippen LogP contribution in [0.25, 0.3) is 0 Å². The van der Waals surface area contributed by atoms with Gasteiger partial charge in [0.15, 0.2) is 0 Å². The lowest BCUT2D eigenvalue weighted by molar-refractivity contribution is -0.143. The summed E-state index contributed by atoms with van der Waals surface area (Å²) in [6.45, 7) is 6.59. The second-order valence-electron chi connectivity index (χ2n) is 10.8. The summed E-state index contributed by atoms with van der Waals surface area (Å²) in [6.07, 6.45) is -1.19. The largest absolute Gasteiger partial charge is 0.508 e. The van der Waals surface area contributed by atoms with Gasteiger partial charge in [-0.15, -0.1) is 0 Å². The molecule has 1 aromatic rings. The topological polar surface area (TPSA) is 280 Å². The van der Waals surface area contributed by atoms with Crippen molar-refractivity contribution >= 4 is 41.5 Å². The number of aliphatic carboxylic acids is 2. The Morgan fingerprint density at radius 3 is 1.75 bits per heavy atom. The zero-order valence-corrected chi connectivity index (χ0v) is 25.0. The number of carbonyl (C=O) groups is 7. The van der Waals surface area contributed by atoms with Crippen LogP contribution in [0.2, 0.25) is 0 Å². The summed E-state index contributed by atoms with van der Waals surface area (Å²) in [6, 6.07) is -1.43. The van der Waals surface area contributed by atoms with Crippen molar-refractivity contribution < 1.29 is 48.9 Å². The van der Waals surface area contributed by atoms with Crippen LogP contribution in [-0.4, -0.2) is 87.0 Å². The minimum atomic E-state index is -1.71. The molecule has 44 heavy (non-hydrogen) atoms. The number of carboxylic acids is 2. The maximum Gasteiger partial charge on any atom is 0.326 e. The lowest BCUT2D eigenvalue weighted by Crippen LogP contribution is -2.61. The average Bonchev–Trinajstić information content (AvgIpc) is 2.93. The van der Waals surface area contributed by atoms with E-state index in [1.54, 1.807) is 27.7 Å². The molecule has 1 rings (SSSR count). The number of nitrogens with one attached hydrogen (secondary N) is 4. The average molecular weight is 623 g/mol. The predicted molar refractivity (Wildman–Crippen MR) is 156 cm³/mol. The van der Waals surface area contributed by atoms with Crippen molar-refractivity contribution in [2.75, 3.05) is 0 Å². The van der Waals surface area contributed by atoms with E-state index in [1.165, 1.54) is 24.3 Å². The first kappa shape index (κ1) is 37.3. The molecule has 11 N–H and O–H groups in total. The van der Waals surface area contributed by atoms with E-state index in [9.17, 15) is 48.9 Å². The van der Waals surface area contributed by atoms with E-state index in [0.29, 0.717) is 12.0 Å². The number of hydrogen-bond acceptors (Lipinski definition) is 9. The third-order valence-electron chi connectivity index (χ3n) is 6.80. The fraction of sp³-hybridized carbons (Fsp3) is 0.536. The highest BCUT2D eigenvalue weighted by Crippen LogP contribution is 2.13. The normalized spacial score (nSPS) is 15.0. The summed E-state index contributed by atoms with van der Waals surface area (Å²) in [4.78, 5) is 86.6. The Morgan fingerprint density at radius 2 is 1.27 bits per heavy atom. The number of aromatic hydroxyl groups is 1. The Labute approximate surface area is 254 Å². The molecule has 0 aliphatic heterocycles. The Hall–Kier alpha value is -4.73. The number of hydrogen-bond donors (Lipinski definition) is 9. The van der Waals surface area contributed by atoms with Gasteiger partial charge in [-0.1, -0.05) is 46.2 Å². The molecule has 6 atom stereocenters. The third kappa shape index (κ3) is 12.2. The first-order chi connectivity index (χ1) is 20.5. The van der Waals surface area contributed by atoms with Gasteiger partial charge in [0.2, 0.25) is 29.5 Å². The first-order valence-electron chi connectivity index (χ1n) is 13.9. The number of benzene rings is 1. The summed E-state index contributed by atoms with van der Waals surface area (Å²) in [5, 5.41) is 38.0. The molecule has 0 radical (unpaired) electrons. The van der Waals surface area contributed by atoms with Crippen molar-refractivity contribution in [2.24, 2.45) is 23.3 Å². The molecule has 0 saturated carbocycles. The fourth-order valence-electron chi connectivity index (χ4n) is 4.04. The van der Waals surface area contributed by atoms with Gasteiger partial charge in [0.1, 0.15) is 29.9 Å². The Morgan fingerprint density at radius 1 is 0.750 bits per heavy atom. The van der Waals surface area contributed by atoms with Crippen LogP contribution in [0.3, 0.4) is 0 Å². The van der Waals surface area contributed by atoms with Crippen LogP contribution in [0.4, 0.5) is 0 Å². The number of primary amides is 1. The SMILES string of the molecule is CC[C@H](C)[C@H](NC(=O)[C@@H](NC(=O)[C@@H](N)CC(N)=O)C(C)C)C(=O)N[C@@H](CC(=O)O)C(=O)N[C@@H](Cc1ccc(O)cc1)C(=O)O. The molecule has 0 aliphatic rings. The molecule has 1 aromatic carbocycles. The number of phenols is 1. The van der Waals surface area contributed by atoms with Gasteiger partial charge in [0, 0.05) is 6.42 Å². The predicted octanol–water partition coefficient (Wildman–Crippen LogP) is -1.66. The monoisotopic (exact) mass is 622 g/mol. The van der Waals surface area contributed by atoms with E-state index in [2.05, 4.69) is 21.3 Å². The first-order valence-corrected chi connectivity index (χ1v) is 13.9. The van der Waals surface area contributed by atoms with E-state index in [4.69, 9.17) is 11.5 Å². The van der Waals surface area contributed by atoms with Gasteiger partial charge in [0.05, 0.1) is 18.9 Å². The second-order valence-corrected chi connectivity index (χ2v) is 10.8. The van der Waals surface area contributed by atoms with Crippen molar-refractivity contribution in [1.82, 2.24) is 21.3 Å². The molecule has 16 heteroatoms. The van der Waals surface area contributed by atoms with Gasteiger partial charge in [-0.3, -0.25) is 28.8 Å². The van der Waals surface area contributed by atoms with Crippen LogP contribution >= 0.6 is 0 Å². The zero-order chi connectivity index (χ0) is 33.7. The molecule has 0 fully saturated rings. The summed E-state index contributed by atoms with van der Waals surface area (Å²) < 4.78 is 0. The van der Waals surface area contributed by atoms with Gasteiger partial charge < -0.3 is 48.1 Å². The maximum absolute atomic E-state index is 13.4. The molecule has 0 bridgehead atoms. The lowest BCUT2D eigenvalue weighted by Gasteiger charge is -2.29. The standard InChI is InChI=1S/C28H42N6O10/c1-5-14(4)23(34-26(41)22(13(2)3)33-24(39)17(29)11-20(30)36)27(42)31-18(12-21(37)38)25(40)32-19(28(43)44)10-15-6-8-16(35)9-7-15/h6-9,13-14,17-19,22-23,35H,5,10-12,29H2,1-4H3,(H2,30,36)(H,31,42)(H,32,40)(H,33,39)(H,34,41)(H,37,38)(H,43,44)/t14-,17-,18-,19-,22-,23-/m0/s1. The Balaban J connectivity index is 3.14. The molecule has 5 amide bonds. The van der Waals surface area contributed by atoms with Crippen LogP contribution in [0.5, 0.6) is 5.75 Å². The molecular weight excluding hydrogens is 580 g/mol. The molecule has 0 spiro atoms. The maximum atomic E-state index is 13.4. The zero-order valence-electron chi connectivity index (χ0n) is 25.0. The number of nitrogens with two attached hydrogens (primary N) is 2. The molecular formula is C28H42N6O10. The van der Waals surface area contributed by atoms with Crippen molar-refractivity contribution in [3.63, 3.8) is 0 Å². The molecule has 0 heterocycles. The van der Waals surface area contributed by atoms with Crippen molar-refractivity contribution in [1.29, 1.82) is 0 Å². The van der Waals surface area contributed by atoms with Gasteiger partial charge >= 0.3 is 11.9 Å². The summed E-state index contributed by atoms with van der Waals surface area (Å²) >= 11 is 0. The fourth-order valence-corrected chi connectivity index (χ4v) is 4.04. The molecule has 244 valence electrons. The van der Waals surface area contributed by atoms with Crippen LogP contribution in [0.15, 0.2) is 24.3 Å². The molecule has 0 unspecified atom stereocenters. The number of carboxylic acid groups (broad SMARTS) is 2. The van der Waals surface area contributed by atoms with Gasteiger partial charge in [-0.2, -0.15) is 0 Å². The van der Waals surface area contributed by atoms with E-state index in [0.717, 1.165) is 0 Å². The molecule has 0 saturated heterocycles. The molecule has 0 aromatic heterocycles. The van der Waals surface area contributed by atoms with E-state index in [1.807, 2.05) is 0 Å². The Kier molecular flexibility index (Phi) is 14.8.